The Hall–Kier alpha value is -2.54. The third-order valence-electron chi connectivity index (χ3n) is 6.49. The van der Waals surface area contributed by atoms with E-state index in [1.54, 1.807) is 26.0 Å². The summed E-state index contributed by atoms with van der Waals surface area (Å²) in [6.07, 6.45) is 4.67. The molecule has 0 amide bonds. The van der Waals surface area contributed by atoms with Crippen LogP contribution in [-0.2, 0) is 27.1 Å². The van der Waals surface area contributed by atoms with Gasteiger partial charge in [0.05, 0.1) is 25.4 Å². The van der Waals surface area contributed by atoms with Gasteiger partial charge in [0.2, 0.25) is 0 Å². The van der Waals surface area contributed by atoms with Crippen LogP contribution >= 0.6 is 0 Å². The van der Waals surface area contributed by atoms with Gasteiger partial charge >= 0.3 is 5.97 Å². The Balaban J connectivity index is 1.48. The summed E-state index contributed by atoms with van der Waals surface area (Å²) >= 11 is 0. The Bertz CT molecular complexity index is 994. The molecule has 0 spiro atoms. The Kier molecular flexibility index (Phi) is 9.61. The maximum Gasteiger partial charge on any atom is 0.330 e. The fourth-order valence-corrected chi connectivity index (χ4v) is 4.81. The lowest BCUT2D eigenvalue weighted by atomic mass is 9.88. The van der Waals surface area contributed by atoms with Crippen LogP contribution < -0.4 is 5.32 Å². The summed E-state index contributed by atoms with van der Waals surface area (Å²) in [5, 5.41) is 14.0. The van der Waals surface area contributed by atoms with Crippen molar-refractivity contribution in [1.82, 2.24) is 5.32 Å². The zero-order valence-corrected chi connectivity index (χ0v) is 21.2. The number of fused-ring (bicyclic) bond motifs is 1. The van der Waals surface area contributed by atoms with E-state index in [0.29, 0.717) is 18.0 Å². The van der Waals surface area contributed by atoms with Crippen molar-refractivity contribution in [2.45, 2.75) is 64.7 Å². The number of β-amino-alcohol motifs (C(OH)–C–C–N with tert-alkyl or cyclic N) is 1. The van der Waals surface area contributed by atoms with Crippen molar-refractivity contribution in [2.24, 2.45) is 5.92 Å². The van der Waals surface area contributed by atoms with E-state index in [0.717, 1.165) is 19.3 Å². The number of benzene rings is 2. The molecule has 190 valence electrons. The standard InChI is InChI=1S/C29H38FNO4/c1-5-34-28(33)14-13-26-25(11-8-12-27(26)30)20(2)35-19-24(32)18-31-29(3,4)17-21-15-22-9-6-7-10-23(22)16-21/h6-14,20-21,24,31-32H,5,15-19H2,1-4H3/b14-13+/t20-,24-/m1/s1. The van der Waals surface area contributed by atoms with Gasteiger partial charge in [0.15, 0.2) is 0 Å². The Morgan fingerprint density at radius 2 is 1.89 bits per heavy atom. The molecule has 0 saturated carbocycles. The van der Waals surface area contributed by atoms with Gasteiger partial charge in [-0.05, 0) is 81.7 Å². The Morgan fingerprint density at radius 1 is 1.20 bits per heavy atom. The van der Waals surface area contributed by atoms with E-state index in [9.17, 15) is 14.3 Å². The second-order valence-electron chi connectivity index (χ2n) is 9.97. The number of hydrogen-bond donors (Lipinski definition) is 2. The summed E-state index contributed by atoms with van der Waals surface area (Å²) < 4.78 is 25.2. The number of carbonyl (C=O) groups is 1. The van der Waals surface area contributed by atoms with Gasteiger partial charge in [-0.15, -0.1) is 0 Å². The molecule has 0 saturated heterocycles. The predicted molar refractivity (Wildman–Crippen MR) is 136 cm³/mol. The molecular formula is C29H38FNO4. The first-order valence-corrected chi connectivity index (χ1v) is 12.4. The molecule has 0 unspecified atom stereocenters. The van der Waals surface area contributed by atoms with Crippen LogP contribution in [0.3, 0.4) is 0 Å². The van der Waals surface area contributed by atoms with Crippen molar-refractivity contribution in [3.8, 4) is 0 Å². The number of ether oxygens (including phenoxy) is 2. The summed E-state index contributed by atoms with van der Waals surface area (Å²) in [5.41, 5.74) is 3.66. The number of hydrogen-bond acceptors (Lipinski definition) is 5. The molecule has 0 heterocycles. The topological polar surface area (TPSA) is 67.8 Å². The van der Waals surface area contributed by atoms with Gasteiger partial charge in [0.25, 0.3) is 0 Å². The number of esters is 1. The molecule has 3 rings (SSSR count). The number of nitrogens with one attached hydrogen (secondary N) is 1. The monoisotopic (exact) mass is 483 g/mol. The van der Waals surface area contributed by atoms with E-state index >= 15 is 0 Å². The molecule has 0 radical (unpaired) electrons. The molecular weight excluding hydrogens is 445 g/mol. The third-order valence-corrected chi connectivity index (χ3v) is 6.49. The largest absolute Gasteiger partial charge is 0.463 e. The SMILES string of the molecule is CCOC(=O)/C=C/c1c(F)cccc1[C@@H](C)OC[C@H](O)CNC(C)(C)CC1Cc2ccccc2C1. The van der Waals surface area contributed by atoms with Gasteiger partial charge in [-0.1, -0.05) is 36.4 Å². The van der Waals surface area contributed by atoms with Crippen LogP contribution in [0.5, 0.6) is 0 Å². The normalized spacial score (nSPS) is 15.8. The van der Waals surface area contributed by atoms with Gasteiger partial charge in [-0.2, -0.15) is 0 Å². The van der Waals surface area contributed by atoms with Crippen LogP contribution in [0, 0.1) is 11.7 Å². The van der Waals surface area contributed by atoms with Crippen molar-refractivity contribution in [3.63, 3.8) is 0 Å². The van der Waals surface area contributed by atoms with E-state index in [2.05, 4.69) is 43.4 Å². The molecule has 35 heavy (non-hydrogen) atoms. The van der Waals surface area contributed by atoms with Gasteiger partial charge < -0.3 is 19.9 Å². The first-order chi connectivity index (χ1) is 16.7. The van der Waals surface area contributed by atoms with E-state index in [-0.39, 0.29) is 24.3 Å². The highest BCUT2D eigenvalue weighted by atomic mass is 19.1. The second-order valence-corrected chi connectivity index (χ2v) is 9.97. The van der Waals surface area contributed by atoms with Gasteiger partial charge in [-0.25, -0.2) is 9.18 Å². The van der Waals surface area contributed by atoms with Crippen LogP contribution in [-0.4, -0.2) is 42.5 Å². The lowest BCUT2D eigenvalue weighted by Crippen LogP contribution is -2.45. The maximum absolute atomic E-state index is 14.4. The highest BCUT2D eigenvalue weighted by Gasteiger charge is 2.28. The van der Waals surface area contributed by atoms with Gasteiger partial charge in [-0.3, -0.25) is 0 Å². The molecule has 2 aromatic carbocycles. The van der Waals surface area contributed by atoms with Crippen molar-refractivity contribution in [1.29, 1.82) is 0 Å². The smallest absolute Gasteiger partial charge is 0.330 e. The minimum atomic E-state index is -0.704. The van der Waals surface area contributed by atoms with Crippen LogP contribution in [0.25, 0.3) is 6.08 Å². The van der Waals surface area contributed by atoms with Crippen molar-refractivity contribution in [2.75, 3.05) is 19.8 Å². The quantitative estimate of drug-likeness (QED) is 0.328. The lowest BCUT2D eigenvalue weighted by Gasteiger charge is -2.31. The molecule has 2 atom stereocenters. The van der Waals surface area contributed by atoms with Crippen molar-refractivity contribution in [3.05, 3.63) is 76.6 Å². The van der Waals surface area contributed by atoms with E-state index in [1.807, 2.05) is 0 Å². The maximum atomic E-state index is 14.4. The lowest BCUT2D eigenvalue weighted by molar-refractivity contribution is -0.137. The number of aliphatic hydroxyl groups excluding tert-OH is 1. The first kappa shape index (κ1) is 27.1. The molecule has 1 aliphatic carbocycles. The molecule has 0 aliphatic heterocycles. The van der Waals surface area contributed by atoms with Crippen molar-refractivity contribution < 1.29 is 23.8 Å². The fraction of sp³-hybridized carbons (Fsp3) is 0.483. The summed E-state index contributed by atoms with van der Waals surface area (Å²) in [6.45, 7) is 8.62. The molecule has 2 aromatic rings. The number of carbonyl (C=O) groups excluding carboxylic acids is 1. The summed E-state index contributed by atoms with van der Waals surface area (Å²) in [4.78, 5) is 11.6. The van der Waals surface area contributed by atoms with Crippen LogP contribution in [0.1, 0.15) is 62.5 Å². The number of rotatable bonds is 12. The Labute approximate surface area is 208 Å². The van der Waals surface area contributed by atoms with E-state index in [4.69, 9.17) is 9.47 Å². The van der Waals surface area contributed by atoms with Gasteiger partial charge in [0, 0.05) is 23.7 Å². The zero-order chi connectivity index (χ0) is 25.4. The Morgan fingerprint density at radius 3 is 2.54 bits per heavy atom. The predicted octanol–water partition coefficient (Wildman–Crippen LogP) is 5.01. The van der Waals surface area contributed by atoms with Gasteiger partial charge in [0.1, 0.15) is 5.82 Å². The molecule has 5 nitrogen and oxygen atoms in total. The molecule has 2 N–H and O–H groups in total. The number of aliphatic hydroxyl groups is 1. The van der Waals surface area contributed by atoms with Crippen LogP contribution in [0.4, 0.5) is 4.39 Å². The first-order valence-electron chi connectivity index (χ1n) is 12.4. The van der Waals surface area contributed by atoms with Crippen LogP contribution in [0.15, 0.2) is 48.5 Å². The van der Waals surface area contributed by atoms with E-state index in [1.165, 1.54) is 29.3 Å². The number of halogens is 1. The minimum absolute atomic E-state index is 0.108. The van der Waals surface area contributed by atoms with Crippen LogP contribution in [0.2, 0.25) is 0 Å². The van der Waals surface area contributed by atoms with E-state index < -0.39 is 24.0 Å². The average Bonchev–Trinajstić information content (AvgIpc) is 3.22. The summed E-state index contributed by atoms with van der Waals surface area (Å²) in [6, 6.07) is 13.3. The summed E-state index contributed by atoms with van der Waals surface area (Å²) in [7, 11) is 0. The molecule has 1 aliphatic rings. The highest BCUT2D eigenvalue weighted by molar-refractivity contribution is 5.87. The molecule has 0 fully saturated rings. The molecule has 0 aromatic heterocycles. The second kappa shape index (κ2) is 12.4. The molecule has 0 bridgehead atoms. The van der Waals surface area contributed by atoms with Crippen molar-refractivity contribution >= 4 is 12.0 Å². The molecule has 6 heteroatoms. The highest BCUT2D eigenvalue weighted by Crippen LogP contribution is 2.32. The third kappa shape index (κ3) is 7.99. The average molecular weight is 484 g/mol. The minimum Gasteiger partial charge on any atom is -0.463 e. The fourth-order valence-electron chi connectivity index (χ4n) is 4.81. The zero-order valence-electron chi connectivity index (χ0n) is 21.2. The summed E-state index contributed by atoms with van der Waals surface area (Å²) in [5.74, 6) is -0.380.